The van der Waals surface area contributed by atoms with Gasteiger partial charge in [-0.1, -0.05) is 11.6 Å². The maximum atomic E-state index is 11.7. The van der Waals surface area contributed by atoms with Gasteiger partial charge in [0.2, 0.25) is 5.91 Å². The monoisotopic (exact) mass is 332 g/mol. The van der Waals surface area contributed by atoms with Gasteiger partial charge in [-0.15, -0.1) is 0 Å². The Morgan fingerprint density at radius 1 is 1.67 bits per heavy atom. The third kappa shape index (κ3) is 3.93. The lowest BCUT2D eigenvalue weighted by Crippen LogP contribution is -2.15. The number of pyridine rings is 1. The van der Waals surface area contributed by atoms with Gasteiger partial charge in [0.15, 0.2) is 0 Å². The molecule has 4 nitrogen and oxygen atoms in total. The number of carbonyl (C=O) groups excluding carboxylic acids is 1. The summed E-state index contributed by atoms with van der Waals surface area (Å²) in [6.07, 6.45) is 5.17. The summed E-state index contributed by atoms with van der Waals surface area (Å²) in [5.41, 5.74) is 0.642. The lowest BCUT2D eigenvalue weighted by Gasteiger charge is -2.09. The fourth-order valence-corrected chi connectivity index (χ4v) is 2.33. The molecule has 1 aliphatic heterocycles. The molecule has 0 aromatic carbocycles. The smallest absolute Gasteiger partial charge is 0.224 e. The number of hydrogen-bond acceptors (Lipinski definition) is 3. The van der Waals surface area contributed by atoms with Crippen molar-refractivity contribution in [3.8, 4) is 0 Å². The molecule has 1 saturated heterocycles. The predicted octanol–water partition coefficient (Wildman–Crippen LogP) is 3.40. The van der Waals surface area contributed by atoms with E-state index in [1.54, 1.807) is 6.07 Å². The highest BCUT2D eigenvalue weighted by molar-refractivity contribution is 9.10. The number of nitrogens with zero attached hydrogens (tertiary/aromatic N) is 1. The van der Waals surface area contributed by atoms with E-state index in [-0.39, 0.29) is 12.0 Å². The lowest BCUT2D eigenvalue weighted by atomic mass is 10.1. The van der Waals surface area contributed by atoms with Gasteiger partial charge in [-0.2, -0.15) is 0 Å². The second kappa shape index (κ2) is 6.50. The molecular weight excluding hydrogens is 320 g/mol. The van der Waals surface area contributed by atoms with Crippen molar-refractivity contribution in [3.05, 3.63) is 21.9 Å². The van der Waals surface area contributed by atoms with E-state index < -0.39 is 0 Å². The number of anilines is 1. The van der Waals surface area contributed by atoms with Gasteiger partial charge < -0.3 is 10.1 Å². The summed E-state index contributed by atoms with van der Waals surface area (Å²) in [5, 5.41) is 3.17. The van der Waals surface area contributed by atoms with E-state index >= 15 is 0 Å². The third-order valence-electron chi connectivity index (χ3n) is 2.80. The molecule has 1 atom stereocenters. The molecule has 18 heavy (non-hydrogen) atoms. The van der Waals surface area contributed by atoms with Gasteiger partial charge in [-0.3, -0.25) is 4.79 Å². The molecule has 2 heterocycles. The number of amides is 1. The average Bonchev–Trinajstić information content (AvgIpc) is 2.84. The predicted molar refractivity (Wildman–Crippen MR) is 73.8 cm³/mol. The molecule has 1 fully saturated rings. The minimum Gasteiger partial charge on any atom is -0.378 e. The summed E-state index contributed by atoms with van der Waals surface area (Å²) in [4.78, 5) is 15.7. The van der Waals surface area contributed by atoms with Crippen LogP contribution in [0, 0.1) is 0 Å². The summed E-state index contributed by atoms with van der Waals surface area (Å²) < 4.78 is 6.14. The fraction of sp³-hybridized carbons (Fsp3) is 0.500. The summed E-state index contributed by atoms with van der Waals surface area (Å²) >= 11 is 9.04. The van der Waals surface area contributed by atoms with Gasteiger partial charge in [0.25, 0.3) is 0 Å². The number of aromatic nitrogens is 1. The molecule has 6 heteroatoms. The number of hydrogen-bond donors (Lipinski definition) is 1. The molecule has 1 unspecified atom stereocenters. The van der Waals surface area contributed by atoms with Crippen LogP contribution in [-0.4, -0.2) is 23.6 Å². The van der Waals surface area contributed by atoms with Crippen LogP contribution >= 0.6 is 27.5 Å². The molecular formula is C12H14BrClN2O2. The van der Waals surface area contributed by atoms with Crippen LogP contribution in [0.5, 0.6) is 0 Å². The highest BCUT2D eigenvalue weighted by Gasteiger charge is 2.16. The molecule has 1 aromatic heterocycles. The Labute approximate surface area is 119 Å². The fourth-order valence-electron chi connectivity index (χ4n) is 1.88. The second-order valence-corrected chi connectivity index (χ2v) is 5.43. The Kier molecular flexibility index (Phi) is 4.97. The largest absolute Gasteiger partial charge is 0.378 e. The lowest BCUT2D eigenvalue weighted by molar-refractivity contribution is -0.116. The van der Waals surface area contributed by atoms with Crippen molar-refractivity contribution in [2.24, 2.45) is 0 Å². The van der Waals surface area contributed by atoms with Crippen LogP contribution in [-0.2, 0) is 9.53 Å². The first kappa shape index (κ1) is 13.8. The summed E-state index contributed by atoms with van der Waals surface area (Å²) in [7, 11) is 0. The van der Waals surface area contributed by atoms with Crippen molar-refractivity contribution in [1.82, 2.24) is 4.98 Å². The molecule has 0 radical (unpaired) electrons. The SMILES string of the molecule is O=C(CCC1CCCO1)Nc1cnc(Cl)c(Br)c1. The number of nitrogens with one attached hydrogen (secondary N) is 1. The molecule has 2 rings (SSSR count). The molecule has 98 valence electrons. The zero-order valence-electron chi connectivity index (χ0n) is 9.79. The molecule has 0 saturated carbocycles. The number of rotatable bonds is 4. The van der Waals surface area contributed by atoms with E-state index in [0.29, 0.717) is 21.7 Å². The Morgan fingerprint density at radius 3 is 3.17 bits per heavy atom. The normalized spacial score (nSPS) is 18.9. The quantitative estimate of drug-likeness (QED) is 0.859. The molecule has 0 aliphatic carbocycles. The van der Waals surface area contributed by atoms with E-state index in [2.05, 4.69) is 26.2 Å². The molecule has 1 N–H and O–H groups in total. The number of carbonyl (C=O) groups is 1. The van der Waals surface area contributed by atoms with Crippen molar-refractivity contribution < 1.29 is 9.53 Å². The van der Waals surface area contributed by atoms with Crippen LogP contribution in [0.3, 0.4) is 0 Å². The summed E-state index contributed by atoms with van der Waals surface area (Å²) in [5.74, 6) is -0.0264. The van der Waals surface area contributed by atoms with E-state index in [4.69, 9.17) is 16.3 Å². The summed E-state index contributed by atoms with van der Waals surface area (Å²) in [6, 6.07) is 1.74. The molecule has 0 bridgehead atoms. The van der Waals surface area contributed by atoms with Crippen LogP contribution in [0.1, 0.15) is 25.7 Å². The van der Waals surface area contributed by atoms with Gasteiger partial charge in [0, 0.05) is 13.0 Å². The van der Waals surface area contributed by atoms with Gasteiger partial charge in [-0.05, 0) is 41.3 Å². The molecule has 1 aliphatic rings. The molecule has 0 spiro atoms. The van der Waals surface area contributed by atoms with Crippen LogP contribution in [0.15, 0.2) is 16.7 Å². The van der Waals surface area contributed by atoms with Gasteiger partial charge >= 0.3 is 0 Å². The van der Waals surface area contributed by atoms with E-state index in [0.717, 1.165) is 25.9 Å². The first-order valence-corrected chi connectivity index (χ1v) is 7.05. The summed E-state index contributed by atoms with van der Waals surface area (Å²) in [6.45, 7) is 0.820. The van der Waals surface area contributed by atoms with E-state index in [1.165, 1.54) is 6.20 Å². The zero-order valence-corrected chi connectivity index (χ0v) is 12.1. The van der Waals surface area contributed by atoms with E-state index in [9.17, 15) is 4.79 Å². The Balaban J connectivity index is 1.80. The zero-order chi connectivity index (χ0) is 13.0. The van der Waals surface area contributed by atoms with Gasteiger partial charge in [0.05, 0.1) is 22.5 Å². The first-order chi connectivity index (χ1) is 8.65. The molecule has 1 aromatic rings. The van der Waals surface area contributed by atoms with Crippen molar-refractivity contribution >= 4 is 39.1 Å². The highest BCUT2D eigenvalue weighted by atomic mass is 79.9. The molecule has 1 amide bonds. The standard InChI is InChI=1S/C12H14BrClN2O2/c13-10-6-8(7-15-12(10)14)16-11(17)4-3-9-2-1-5-18-9/h6-7,9H,1-5H2,(H,16,17). The third-order valence-corrected chi connectivity index (χ3v) is 3.93. The highest BCUT2D eigenvalue weighted by Crippen LogP contribution is 2.23. The number of ether oxygens (including phenoxy) is 1. The maximum Gasteiger partial charge on any atom is 0.224 e. The van der Waals surface area contributed by atoms with Crippen molar-refractivity contribution in [3.63, 3.8) is 0 Å². The Morgan fingerprint density at radius 2 is 2.50 bits per heavy atom. The van der Waals surface area contributed by atoms with Crippen LogP contribution in [0.2, 0.25) is 5.15 Å². The maximum absolute atomic E-state index is 11.7. The minimum absolute atomic E-state index is 0.0264. The van der Waals surface area contributed by atoms with Crippen LogP contribution in [0.25, 0.3) is 0 Å². The second-order valence-electron chi connectivity index (χ2n) is 4.22. The van der Waals surface area contributed by atoms with Crippen LogP contribution < -0.4 is 5.32 Å². The van der Waals surface area contributed by atoms with Crippen molar-refractivity contribution in [2.45, 2.75) is 31.8 Å². The van der Waals surface area contributed by atoms with E-state index in [1.807, 2.05) is 0 Å². The Bertz CT molecular complexity index is 436. The van der Waals surface area contributed by atoms with Gasteiger partial charge in [0.1, 0.15) is 5.15 Å². The average molecular weight is 334 g/mol. The van der Waals surface area contributed by atoms with Crippen LogP contribution in [0.4, 0.5) is 5.69 Å². The minimum atomic E-state index is -0.0264. The van der Waals surface area contributed by atoms with Gasteiger partial charge in [-0.25, -0.2) is 4.98 Å². The van der Waals surface area contributed by atoms with Crippen molar-refractivity contribution in [2.75, 3.05) is 11.9 Å². The topological polar surface area (TPSA) is 51.2 Å². The van der Waals surface area contributed by atoms with Crippen molar-refractivity contribution in [1.29, 1.82) is 0 Å². The number of halogens is 2. The first-order valence-electron chi connectivity index (χ1n) is 5.87. The Hall–Kier alpha value is -0.650.